The van der Waals surface area contributed by atoms with Crippen molar-refractivity contribution in [1.29, 1.82) is 0 Å². The van der Waals surface area contributed by atoms with Gasteiger partial charge >= 0.3 is 0 Å². The van der Waals surface area contributed by atoms with Crippen molar-refractivity contribution in [3.63, 3.8) is 0 Å². The van der Waals surface area contributed by atoms with Crippen LogP contribution in [0.2, 0.25) is 0 Å². The van der Waals surface area contributed by atoms with Crippen molar-refractivity contribution in [3.05, 3.63) is 17.1 Å². The molecule has 0 aliphatic carbocycles. The second-order valence-electron chi connectivity index (χ2n) is 8.58. The molecule has 1 amide bonds. The van der Waals surface area contributed by atoms with Crippen LogP contribution in [0.15, 0.2) is 0 Å². The molecule has 2 aliphatic rings. The standard InChI is InChI=1S/C20H33N5O2/c1-14-15(2)21-17(19(26)24-10-8-20(3,4)27-12-11-24)22-18(14)25-9-7-16(13-25)23(5)6/h16H,7-13H2,1-6H3/t16-/m1/s1. The summed E-state index contributed by atoms with van der Waals surface area (Å²) >= 11 is 0. The van der Waals surface area contributed by atoms with Crippen LogP contribution in [0.4, 0.5) is 5.82 Å². The van der Waals surface area contributed by atoms with Crippen molar-refractivity contribution in [1.82, 2.24) is 19.8 Å². The molecule has 150 valence electrons. The maximum absolute atomic E-state index is 13.1. The number of aryl methyl sites for hydroxylation is 1. The SMILES string of the molecule is Cc1nc(C(=O)N2CCOC(C)(C)CC2)nc(N2CC[C@@H](N(C)C)C2)c1C. The fraction of sp³-hybridized carbons (Fsp3) is 0.750. The van der Waals surface area contributed by atoms with E-state index in [9.17, 15) is 4.79 Å². The van der Waals surface area contributed by atoms with Gasteiger partial charge in [0.1, 0.15) is 5.82 Å². The summed E-state index contributed by atoms with van der Waals surface area (Å²) in [5.41, 5.74) is 1.75. The Hall–Kier alpha value is -1.73. The Morgan fingerprint density at radius 3 is 2.59 bits per heavy atom. The van der Waals surface area contributed by atoms with Gasteiger partial charge in [-0.25, -0.2) is 9.97 Å². The van der Waals surface area contributed by atoms with Crippen LogP contribution in [-0.4, -0.2) is 84.2 Å². The molecular weight excluding hydrogens is 342 g/mol. The number of rotatable bonds is 3. The number of likely N-dealkylation sites (N-methyl/N-ethyl adjacent to an activating group) is 1. The van der Waals surface area contributed by atoms with Gasteiger partial charge in [-0.1, -0.05) is 0 Å². The maximum atomic E-state index is 13.1. The molecule has 1 atom stereocenters. The van der Waals surface area contributed by atoms with Crippen LogP contribution in [0.3, 0.4) is 0 Å². The lowest BCUT2D eigenvalue weighted by molar-refractivity contribution is -0.00856. The average molecular weight is 376 g/mol. The van der Waals surface area contributed by atoms with Gasteiger partial charge in [-0.05, 0) is 54.6 Å². The normalized spacial score (nSPS) is 23.0. The summed E-state index contributed by atoms with van der Waals surface area (Å²) in [5, 5.41) is 0. The van der Waals surface area contributed by atoms with E-state index in [2.05, 4.69) is 42.7 Å². The van der Waals surface area contributed by atoms with E-state index >= 15 is 0 Å². The van der Waals surface area contributed by atoms with Crippen molar-refractivity contribution < 1.29 is 9.53 Å². The topological polar surface area (TPSA) is 61.8 Å². The van der Waals surface area contributed by atoms with Gasteiger partial charge in [-0.3, -0.25) is 4.79 Å². The van der Waals surface area contributed by atoms with Crippen LogP contribution in [0.1, 0.15) is 48.6 Å². The summed E-state index contributed by atoms with van der Waals surface area (Å²) in [6, 6.07) is 0.517. The molecule has 0 N–H and O–H groups in total. The Bertz CT molecular complexity index is 704. The molecule has 0 spiro atoms. The Morgan fingerprint density at radius 2 is 1.93 bits per heavy atom. The van der Waals surface area contributed by atoms with E-state index in [1.807, 2.05) is 18.7 Å². The molecule has 3 heterocycles. The van der Waals surface area contributed by atoms with E-state index in [0.717, 1.165) is 43.0 Å². The van der Waals surface area contributed by atoms with Crippen LogP contribution >= 0.6 is 0 Å². The van der Waals surface area contributed by atoms with E-state index in [-0.39, 0.29) is 11.5 Å². The third kappa shape index (κ3) is 4.41. The fourth-order valence-corrected chi connectivity index (χ4v) is 3.74. The molecule has 2 saturated heterocycles. The van der Waals surface area contributed by atoms with Crippen LogP contribution < -0.4 is 4.90 Å². The first-order valence-corrected chi connectivity index (χ1v) is 9.88. The minimum absolute atomic E-state index is 0.0935. The van der Waals surface area contributed by atoms with Crippen LogP contribution in [0.5, 0.6) is 0 Å². The van der Waals surface area contributed by atoms with Gasteiger partial charge < -0.3 is 19.4 Å². The Morgan fingerprint density at radius 1 is 1.19 bits per heavy atom. The number of carbonyl (C=O) groups is 1. The van der Waals surface area contributed by atoms with E-state index in [1.165, 1.54) is 0 Å². The van der Waals surface area contributed by atoms with Gasteiger partial charge in [0.2, 0.25) is 5.82 Å². The molecular formula is C20H33N5O2. The third-order valence-corrected chi connectivity index (χ3v) is 5.87. The Balaban J connectivity index is 1.82. The zero-order valence-corrected chi connectivity index (χ0v) is 17.6. The predicted molar refractivity (Wildman–Crippen MR) is 106 cm³/mol. The summed E-state index contributed by atoms with van der Waals surface area (Å²) in [6.45, 7) is 11.8. The minimum Gasteiger partial charge on any atom is -0.374 e. The van der Waals surface area contributed by atoms with E-state index in [0.29, 0.717) is 31.6 Å². The molecule has 1 aromatic rings. The number of nitrogens with zero attached hydrogens (tertiary/aromatic N) is 5. The van der Waals surface area contributed by atoms with Gasteiger partial charge in [0, 0.05) is 43.5 Å². The highest BCUT2D eigenvalue weighted by Gasteiger charge is 2.30. The average Bonchev–Trinajstić information content (AvgIpc) is 3.02. The molecule has 0 aromatic carbocycles. The summed E-state index contributed by atoms with van der Waals surface area (Å²) in [5.74, 6) is 1.12. The quantitative estimate of drug-likeness (QED) is 0.804. The first kappa shape index (κ1) is 20.0. The number of hydrogen-bond acceptors (Lipinski definition) is 6. The lowest BCUT2D eigenvalue weighted by Crippen LogP contribution is -2.36. The number of amides is 1. The van der Waals surface area contributed by atoms with Crippen molar-refractivity contribution in [2.45, 2.75) is 52.2 Å². The highest BCUT2D eigenvalue weighted by Crippen LogP contribution is 2.26. The van der Waals surface area contributed by atoms with Gasteiger partial charge in [0.05, 0.1) is 12.2 Å². The van der Waals surface area contributed by atoms with Crippen molar-refractivity contribution >= 4 is 11.7 Å². The molecule has 7 nitrogen and oxygen atoms in total. The molecule has 0 bridgehead atoms. The van der Waals surface area contributed by atoms with E-state index < -0.39 is 0 Å². The largest absolute Gasteiger partial charge is 0.374 e. The molecule has 0 saturated carbocycles. The van der Waals surface area contributed by atoms with Crippen LogP contribution in [0, 0.1) is 13.8 Å². The zero-order valence-electron chi connectivity index (χ0n) is 17.6. The van der Waals surface area contributed by atoms with Gasteiger partial charge in [-0.2, -0.15) is 0 Å². The van der Waals surface area contributed by atoms with Crippen LogP contribution in [0.25, 0.3) is 0 Å². The maximum Gasteiger partial charge on any atom is 0.291 e. The first-order chi connectivity index (χ1) is 12.7. The number of hydrogen-bond donors (Lipinski definition) is 0. The molecule has 1 aromatic heterocycles. The first-order valence-electron chi connectivity index (χ1n) is 9.88. The van der Waals surface area contributed by atoms with Gasteiger partial charge in [0.25, 0.3) is 5.91 Å². The zero-order chi connectivity index (χ0) is 19.8. The lowest BCUT2D eigenvalue weighted by Gasteiger charge is -2.24. The van der Waals surface area contributed by atoms with Crippen molar-refractivity contribution in [2.24, 2.45) is 0 Å². The number of anilines is 1. The third-order valence-electron chi connectivity index (χ3n) is 5.87. The Labute approximate surface area is 162 Å². The summed E-state index contributed by atoms with van der Waals surface area (Å²) in [7, 11) is 4.23. The smallest absolute Gasteiger partial charge is 0.291 e. The molecule has 2 fully saturated rings. The predicted octanol–water partition coefficient (Wildman–Crippen LogP) is 1.87. The monoisotopic (exact) mass is 375 g/mol. The molecule has 0 radical (unpaired) electrons. The summed E-state index contributed by atoms with van der Waals surface area (Å²) in [6.07, 6.45) is 1.92. The lowest BCUT2D eigenvalue weighted by atomic mass is 10.1. The van der Waals surface area contributed by atoms with Gasteiger partial charge in [-0.15, -0.1) is 0 Å². The van der Waals surface area contributed by atoms with Crippen molar-refractivity contribution in [3.8, 4) is 0 Å². The highest BCUT2D eigenvalue weighted by molar-refractivity contribution is 5.91. The minimum atomic E-state index is -0.193. The fourth-order valence-electron chi connectivity index (χ4n) is 3.74. The molecule has 27 heavy (non-hydrogen) atoms. The second kappa shape index (κ2) is 7.72. The summed E-state index contributed by atoms with van der Waals surface area (Å²) < 4.78 is 5.84. The molecule has 3 rings (SSSR count). The number of ether oxygens (including phenoxy) is 1. The van der Waals surface area contributed by atoms with E-state index in [4.69, 9.17) is 9.72 Å². The summed E-state index contributed by atoms with van der Waals surface area (Å²) in [4.78, 5) is 28.7. The molecule has 0 unspecified atom stereocenters. The Kier molecular flexibility index (Phi) is 5.72. The van der Waals surface area contributed by atoms with Gasteiger partial charge in [0.15, 0.2) is 0 Å². The molecule has 7 heteroatoms. The van der Waals surface area contributed by atoms with Crippen molar-refractivity contribution in [2.75, 3.05) is 51.8 Å². The number of carbonyl (C=O) groups excluding carboxylic acids is 1. The highest BCUT2D eigenvalue weighted by atomic mass is 16.5. The number of aromatic nitrogens is 2. The van der Waals surface area contributed by atoms with Crippen LogP contribution in [-0.2, 0) is 4.74 Å². The molecule has 2 aliphatic heterocycles. The van der Waals surface area contributed by atoms with E-state index in [1.54, 1.807) is 0 Å². The second-order valence-corrected chi connectivity index (χ2v) is 8.58.